The molecule has 2 nitrogen and oxygen atoms in total. The van der Waals surface area contributed by atoms with Crippen LogP contribution in [0.5, 0.6) is 0 Å². The minimum atomic E-state index is 0.262. The lowest BCUT2D eigenvalue weighted by atomic mass is 9.88. The third kappa shape index (κ3) is 4.30. The van der Waals surface area contributed by atoms with Crippen molar-refractivity contribution < 1.29 is 0 Å². The van der Waals surface area contributed by atoms with Crippen molar-refractivity contribution in [2.75, 3.05) is 6.54 Å². The quantitative estimate of drug-likeness (QED) is 0.667. The van der Waals surface area contributed by atoms with E-state index in [0.29, 0.717) is 5.92 Å². The van der Waals surface area contributed by atoms with E-state index in [-0.39, 0.29) is 6.04 Å². The van der Waals surface area contributed by atoms with Crippen LogP contribution in [0.15, 0.2) is 85.1 Å². The number of hydrogen-bond donors (Lipinski definition) is 1. The summed E-state index contributed by atoms with van der Waals surface area (Å²) in [4.78, 5) is 4.43. The highest BCUT2D eigenvalue weighted by molar-refractivity contribution is 5.32. The standard InChI is InChI=1S/C22H24N2/c1-18(22-14-8-9-16-24-22)23-17-15-21(19-10-4-2-5-11-19)20-12-6-3-7-13-20/h2-14,16,18,21,23H,15,17H2,1H3. The molecule has 0 aliphatic rings. The maximum Gasteiger partial charge on any atom is 0.0570 e. The summed E-state index contributed by atoms with van der Waals surface area (Å²) >= 11 is 0. The third-order valence-electron chi connectivity index (χ3n) is 4.42. The van der Waals surface area contributed by atoms with Crippen molar-refractivity contribution in [3.05, 3.63) is 102 Å². The van der Waals surface area contributed by atoms with Crippen molar-refractivity contribution in [3.63, 3.8) is 0 Å². The molecule has 0 amide bonds. The van der Waals surface area contributed by atoms with Gasteiger partial charge in [-0.1, -0.05) is 66.7 Å². The molecule has 0 saturated heterocycles. The zero-order chi connectivity index (χ0) is 16.6. The van der Waals surface area contributed by atoms with Crippen molar-refractivity contribution in [1.82, 2.24) is 10.3 Å². The molecule has 2 aromatic carbocycles. The van der Waals surface area contributed by atoms with Gasteiger partial charge in [-0.05, 0) is 43.1 Å². The van der Waals surface area contributed by atoms with Crippen LogP contribution in [0.2, 0.25) is 0 Å². The van der Waals surface area contributed by atoms with Crippen LogP contribution < -0.4 is 5.32 Å². The molecule has 0 aliphatic heterocycles. The molecule has 0 fully saturated rings. The van der Waals surface area contributed by atoms with E-state index in [0.717, 1.165) is 18.7 Å². The van der Waals surface area contributed by atoms with Crippen LogP contribution in [0.25, 0.3) is 0 Å². The largest absolute Gasteiger partial charge is 0.309 e. The molecule has 24 heavy (non-hydrogen) atoms. The molecule has 1 aromatic heterocycles. The van der Waals surface area contributed by atoms with Crippen LogP contribution in [0, 0.1) is 0 Å². The van der Waals surface area contributed by atoms with Gasteiger partial charge in [-0.15, -0.1) is 0 Å². The smallest absolute Gasteiger partial charge is 0.0570 e. The highest BCUT2D eigenvalue weighted by Crippen LogP contribution is 2.27. The van der Waals surface area contributed by atoms with E-state index < -0.39 is 0 Å². The zero-order valence-electron chi connectivity index (χ0n) is 14.1. The fourth-order valence-corrected chi connectivity index (χ4v) is 3.08. The SMILES string of the molecule is CC(NCCC(c1ccccc1)c1ccccc1)c1ccccn1. The van der Waals surface area contributed by atoms with Gasteiger partial charge in [-0.3, -0.25) is 4.98 Å². The van der Waals surface area contributed by atoms with E-state index in [9.17, 15) is 0 Å². The number of aromatic nitrogens is 1. The summed E-state index contributed by atoms with van der Waals surface area (Å²) in [6, 6.07) is 27.9. The third-order valence-corrected chi connectivity index (χ3v) is 4.42. The van der Waals surface area contributed by atoms with Crippen LogP contribution in [0.1, 0.15) is 42.1 Å². The number of rotatable bonds is 7. The van der Waals surface area contributed by atoms with E-state index in [4.69, 9.17) is 0 Å². The zero-order valence-corrected chi connectivity index (χ0v) is 14.1. The van der Waals surface area contributed by atoms with Gasteiger partial charge < -0.3 is 5.32 Å². The predicted molar refractivity (Wildman–Crippen MR) is 100.0 cm³/mol. The van der Waals surface area contributed by atoms with Gasteiger partial charge in [-0.2, -0.15) is 0 Å². The van der Waals surface area contributed by atoms with Crippen LogP contribution in [0.3, 0.4) is 0 Å². The van der Waals surface area contributed by atoms with E-state index in [2.05, 4.69) is 84.0 Å². The normalized spacial score (nSPS) is 12.2. The first-order valence-corrected chi connectivity index (χ1v) is 8.59. The van der Waals surface area contributed by atoms with E-state index in [1.54, 1.807) is 0 Å². The Hall–Kier alpha value is -2.45. The fourth-order valence-electron chi connectivity index (χ4n) is 3.08. The molecule has 0 radical (unpaired) electrons. The van der Waals surface area contributed by atoms with E-state index in [1.807, 2.05) is 18.3 Å². The topological polar surface area (TPSA) is 24.9 Å². The lowest BCUT2D eigenvalue weighted by Gasteiger charge is -2.20. The summed E-state index contributed by atoms with van der Waals surface area (Å²) < 4.78 is 0. The van der Waals surface area contributed by atoms with Crippen LogP contribution in [0.4, 0.5) is 0 Å². The summed E-state index contributed by atoms with van der Waals surface area (Å²) in [6.45, 7) is 3.12. The molecule has 0 spiro atoms. The van der Waals surface area contributed by atoms with E-state index >= 15 is 0 Å². The molecule has 1 N–H and O–H groups in total. The Morgan fingerprint density at radius 3 is 1.92 bits per heavy atom. The Kier molecular flexibility index (Phi) is 5.75. The maximum atomic E-state index is 4.43. The molecule has 2 heteroatoms. The van der Waals surface area contributed by atoms with Crippen molar-refractivity contribution in [2.45, 2.75) is 25.3 Å². The molecular weight excluding hydrogens is 292 g/mol. The Labute approximate surface area is 144 Å². The number of nitrogens with zero attached hydrogens (tertiary/aromatic N) is 1. The van der Waals surface area contributed by atoms with Crippen molar-refractivity contribution in [2.24, 2.45) is 0 Å². The lowest BCUT2D eigenvalue weighted by molar-refractivity contribution is 0.531. The van der Waals surface area contributed by atoms with Gasteiger partial charge in [-0.25, -0.2) is 0 Å². The van der Waals surface area contributed by atoms with Gasteiger partial charge in [0.25, 0.3) is 0 Å². The summed E-state index contributed by atoms with van der Waals surface area (Å²) in [6.07, 6.45) is 2.91. The first-order valence-electron chi connectivity index (χ1n) is 8.59. The van der Waals surface area contributed by atoms with Gasteiger partial charge in [0, 0.05) is 18.2 Å². The van der Waals surface area contributed by atoms with E-state index in [1.165, 1.54) is 11.1 Å². The Balaban J connectivity index is 1.67. The highest BCUT2D eigenvalue weighted by Gasteiger charge is 2.14. The molecule has 3 aromatic rings. The second kappa shape index (κ2) is 8.42. The maximum absolute atomic E-state index is 4.43. The summed E-state index contributed by atoms with van der Waals surface area (Å²) in [5, 5.41) is 3.61. The average molecular weight is 316 g/mol. The Morgan fingerprint density at radius 2 is 1.38 bits per heavy atom. The number of hydrogen-bond acceptors (Lipinski definition) is 2. The summed E-state index contributed by atoms with van der Waals surface area (Å²) in [7, 11) is 0. The first-order chi connectivity index (χ1) is 11.8. The van der Waals surface area contributed by atoms with Gasteiger partial charge in [0.05, 0.1) is 5.69 Å². The van der Waals surface area contributed by atoms with Gasteiger partial charge in [0.1, 0.15) is 0 Å². The van der Waals surface area contributed by atoms with Crippen LogP contribution in [-0.2, 0) is 0 Å². The number of nitrogens with one attached hydrogen (secondary N) is 1. The molecule has 1 heterocycles. The molecule has 0 saturated carbocycles. The molecule has 122 valence electrons. The number of benzene rings is 2. The number of pyridine rings is 1. The minimum Gasteiger partial charge on any atom is -0.309 e. The molecule has 3 rings (SSSR count). The second-order valence-electron chi connectivity index (χ2n) is 6.09. The Morgan fingerprint density at radius 1 is 0.792 bits per heavy atom. The monoisotopic (exact) mass is 316 g/mol. The molecular formula is C22H24N2. The lowest BCUT2D eigenvalue weighted by Crippen LogP contribution is -2.22. The highest BCUT2D eigenvalue weighted by atomic mass is 14.9. The van der Waals surface area contributed by atoms with Gasteiger partial charge in [0.2, 0.25) is 0 Å². The average Bonchev–Trinajstić information content (AvgIpc) is 2.67. The molecule has 1 unspecified atom stereocenters. The second-order valence-corrected chi connectivity index (χ2v) is 6.09. The van der Waals surface area contributed by atoms with Gasteiger partial charge in [0.15, 0.2) is 0 Å². The van der Waals surface area contributed by atoms with Crippen LogP contribution in [-0.4, -0.2) is 11.5 Å². The molecule has 0 aliphatic carbocycles. The first kappa shape index (κ1) is 16.4. The fraction of sp³-hybridized carbons (Fsp3) is 0.227. The predicted octanol–water partition coefficient (Wildman–Crippen LogP) is 4.95. The minimum absolute atomic E-state index is 0.262. The summed E-state index contributed by atoms with van der Waals surface area (Å²) in [5.41, 5.74) is 3.83. The van der Waals surface area contributed by atoms with Crippen molar-refractivity contribution in [3.8, 4) is 0 Å². The summed E-state index contributed by atoms with van der Waals surface area (Å²) in [5.74, 6) is 0.413. The van der Waals surface area contributed by atoms with Crippen molar-refractivity contribution in [1.29, 1.82) is 0 Å². The van der Waals surface area contributed by atoms with Crippen molar-refractivity contribution >= 4 is 0 Å². The van der Waals surface area contributed by atoms with Gasteiger partial charge >= 0.3 is 0 Å². The Bertz CT molecular complexity index is 671. The van der Waals surface area contributed by atoms with Crippen LogP contribution >= 0.6 is 0 Å². The molecule has 0 bridgehead atoms. The molecule has 1 atom stereocenters.